The molecule has 0 aromatic heterocycles. The summed E-state index contributed by atoms with van der Waals surface area (Å²) in [4.78, 5) is 6.58. The lowest BCUT2D eigenvalue weighted by atomic mass is 10.3. The van der Waals surface area contributed by atoms with E-state index in [9.17, 15) is 0 Å². The number of benzene rings is 4. The van der Waals surface area contributed by atoms with E-state index in [1.54, 1.807) is 11.8 Å². The molecule has 0 amide bonds. The summed E-state index contributed by atoms with van der Waals surface area (Å²) < 4.78 is 0. The van der Waals surface area contributed by atoms with Gasteiger partial charge in [0.2, 0.25) is 0 Å². The molecule has 0 N–H and O–H groups in total. The molecule has 0 heterocycles. The van der Waals surface area contributed by atoms with E-state index in [1.165, 1.54) is 24.5 Å². The molecule has 2 heteroatoms. The molecule has 134 valence electrons. The minimum Gasteiger partial charge on any atom is -0.0901 e. The molecule has 0 bridgehead atoms. The molecular weight excluding hydrogens is 364 g/mol. The highest BCUT2D eigenvalue weighted by atomic mass is 32.2. The Morgan fingerprint density at radius 3 is 1.26 bits per heavy atom. The Balaban J connectivity index is 0.00000210. The molecular formula is C25H23S2+. The zero-order valence-electron chi connectivity index (χ0n) is 14.3. The lowest BCUT2D eigenvalue weighted by Gasteiger charge is -2.08. The first-order chi connectivity index (χ1) is 12.9. The highest BCUT2D eigenvalue weighted by Gasteiger charge is 2.27. The van der Waals surface area contributed by atoms with Crippen molar-refractivity contribution in [2.24, 2.45) is 0 Å². The van der Waals surface area contributed by atoms with Gasteiger partial charge in [-0.15, -0.1) is 0 Å². The SMILES string of the molecule is C.c1ccc(Sc2ccc([S+](c3ccccc3)c3ccccc3)cc2)cc1. The molecule has 0 atom stereocenters. The summed E-state index contributed by atoms with van der Waals surface area (Å²) in [5.74, 6) is 0. The average molecular weight is 388 g/mol. The number of hydrogen-bond donors (Lipinski definition) is 0. The minimum absolute atomic E-state index is 0. The molecule has 0 aliphatic carbocycles. The summed E-state index contributed by atoms with van der Waals surface area (Å²) in [5.41, 5.74) is 0. The summed E-state index contributed by atoms with van der Waals surface area (Å²) in [6.07, 6.45) is 0. The summed E-state index contributed by atoms with van der Waals surface area (Å²) in [6.45, 7) is 0. The van der Waals surface area contributed by atoms with E-state index in [4.69, 9.17) is 0 Å². The lowest BCUT2D eigenvalue weighted by molar-refractivity contribution is 1.28. The van der Waals surface area contributed by atoms with E-state index in [0.717, 1.165) is 0 Å². The zero-order valence-corrected chi connectivity index (χ0v) is 15.9. The molecule has 4 rings (SSSR count). The van der Waals surface area contributed by atoms with Crippen LogP contribution in [0.3, 0.4) is 0 Å². The Morgan fingerprint density at radius 2 is 0.778 bits per heavy atom. The topological polar surface area (TPSA) is 0 Å². The lowest BCUT2D eigenvalue weighted by Crippen LogP contribution is -2.04. The second-order valence-electron chi connectivity index (χ2n) is 5.82. The van der Waals surface area contributed by atoms with Gasteiger partial charge in [-0.1, -0.05) is 73.8 Å². The summed E-state index contributed by atoms with van der Waals surface area (Å²) >= 11 is 1.80. The third kappa shape index (κ3) is 4.85. The van der Waals surface area contributed by atoms with Crippen LogP contribution in [-0.4, -0.2) is 0 Å². The zero-order chi connectivity index (χ0) is 17.6. The van der Waals surface area contributed by atoms with Crippen LogP contribution in [0, 0.1) is 0 Å². The van der Waals surface area contributed by atoms with Gasteiger partial charge in [-0.25, -0.2) is 0 Å². The number of rotatable bonds is 5. The normalized spacial score (nSPS) is 10.4. The molecule has 0 aliphatic rings. The van der Waals surface area contributed by atoms with Crippen molar-refractivity contribution in [2.45, 2.75) is 31.9 Å². The fraction of sp³-hybridized carbons (Fsp3) is 0.0400. The van der Waals surface area contributed by atoms with Crippen LogP contribution in [0.15, 0.2) is 140 Å². The van der Waals surface area contributed by atoms with E-state index in [0.29, 0.717) is 0 Å². The first-order valence-electron chi connectivity index (χ1n) is 8.57. The van der Waals surface area contributed by atoms with E-state index in [1.807, 2.05) is 0 Å². The number of hydrogen-bond acceptors (Lipinski definition) is 1. The van der Waals surface area contributed by atoms with Crippen molar-refractivity contribution in [3.8, 4) is 0 Å². The third-order valence-corrected chi connectivity index (χ3v) is 7.24. The fourth-order valence-corrected chi connectivity index (χ4v) is 5.71. The molecule has 0 nitrogen and oxygen atoms in total. The van der Waals surface area contributed by atoms with Crippen molar-refractivity contribution in [1.82, 2.24) is 0 Å². The van der Waals surface area contributed by atoms with Crippen LogP contribution in [0.4, 0.5) is 0 Å². The van der Waals surface area contributed by atoms with Crippen LogP contribution < -0.4 is 0 Å². The monoisotopic (exact) mass is 387 g/mol. The van der Waals surface area contributed by atoms with Gasteiger partial charge in [0.1, 0.15) is 0 Å². The Labute approximate surface area is 169 Å². The van der Waals surface area contributed by atoms with Gasteiger partial charge in [0.05, 0.1) is 10.9 Å². The van der Waals surface area contributed by atoms with Gasteiger partial charge in [0.15, 0.2) is 14.7 Å². The molecule has 4 aromatic carbocycles. The highest BCUT2D eigenvalue weighted by Crippen LogP contribution is 2.33. The van der Waals surface area contributed by atoms with Crippen LogP contribution >= 0.6 is 11.8 Å². The largest absolute Gasteiger partial charge is 0.166 e. The molecule has 0 spiro atoms. The molecule has 0 unspecified atom stereocenters. The molecule has 0 saturated heterocycles. The van der Waals surface area contributed by atoms with Gasteiger partial charge in [0.25, 0.3) is 0 Å². The van der Waals surface area contributed by atoms with E-state index < -0.39 is 0 Å². The molecule has 0 fully saturated rings. The highest BCUT2D eigenvalue weighted by molar-refractivity contribution is 7.99. The predicted molar refractivity (Wildman–Crippen MR) is 119 cm³/mol. The third-order valence-electron chi connectivity index (χ3n) is 4.00. The molecule has 0 radical (unpaired) electrons. The summed E-state index contributed by atoms with van der Waals surface area (Å²) in [5, 5.41) is 0. The maximum absolute atomic E-state index is 2.27. The first-order valence-corrected chi connectivity index (χ1v) is 10.6. The Bertz CT molecular complexity index is 894. The van der Waals surface area contributed by atoms with Crippen molar-refractivity contribution in [3.05, 3.63) is 115 Å². The first kappa shape index (κ1) is 19.3. The molecule has 0 saturated carbocycles. The van der Waals surface area contributed by atoms with Crippen molar-refractivity contribution in [3.63, 3.8) is 0 Å². The second-order valence-corrected chi connectivity index (χ2v) is 8.99. The van der Waals surface area contributed by atoms with Gasteiger partial charge < -0.3 is 0 Å². The van der Waals surface area contributed by atoms with E-state index in [-0.39, 0.29) is 18.3 Å². The second kappa shape index (κ2) is 9.50. The van der Waals surface area contributed by atoms with Crippen LogP contribution in [0.2, 0.25) is 0 Å². The fourth-order valence-electron chi connectivity index (χ4n) is 2.79. The Hall–Kier alpha value is -2.42. The van der Waals surface area contributed by atoms with Gasteiger partial charge in [0, 0.05) is 9.79 Å². The average Bonchev–Trinajstić information content (AvgIpc) is 2.72. The van der Waals surface area contributed by atoms with Gasteiger partial charge >= 0.3 is 0 Å². The maximum atomic E-state index is 2.27. The van der Waals surface area contributed by atoms with E-state index >= 15 is 0 Å². The Morgan fingerprint density at radius 1 is 0.407 bits per heavy atom. The van der Waals surface area contributed by atoms with Gasteiger partial charge in [-0.05, 0) is 60.7 Å². The predicted octanol–water partition coefficient (Wildman–Crippen LogP) is 7.57. The molecule has 0 aliphatic heterocycles. The summed E-state index contributed by atoms with van der Waals surface area (Å²) in [6, 6.07) is 41.1. The van der Waals surface area contributed by atoms with Crippen molar-refractivity contribution >= 4 is 22.7 Å². The van der Waals surface area contributed by atoms with Crippen LogP contribution in [-0.2, 0) is 10.9 Å². The van der Waals surface area contributed by atoms with E-state index in [2.05, 4.69) is 115 Å². The van der Waals surface area contributed by atoms with Crippen LogP contribution in [0.25, 0.3) is 0 Å². The smallest absolute Gasteiger partial charge is 0.0901 e. The van der Waals surface area contributed by atoms with Crippen LogP contribution in [0.5, 0.6) is 0 Å². The van der Waals surface area contributed by atoms with Gasteiger partial charge in [-0.2, -0.15) is 0 Å². The van der Waals surface area contributed by atoms with Crippen molar-refractivity contribution in [1.29, 1.82) is 0 Å². The summed E-state index contributed by atoms with van der Waals surface area (Å²) in [7, 11) is -0.0786. The van der Waals surface area contributed by atoms with Crippen molar-refractivity contribution in [2.75, 3.05) is 0 Å². The quantitative estimate of drug-likeness (QED) is 0.318. The maximum Gasteiger partial charge on any atom is 0.166 e. The van der Waals surface area contributed by atoms with Crippen molar-refractivity contribution < 1.29 is 0 Å². The minimum atomic E-state index is -0.0786. The molecule has 4 aromatic rings. The Kier molecular flexibility index (Phi) is 6.80. The standard InChI is InChI=1S/C24H19S2.CH4/c1-4-10-20(11-5-1)25-21-16-18-24(19-17-21)26(22-12-6-2-7-13-22)23-14-8-3-9-15-23;/h1-19H;1H4/q+1;. The molecule has 27 heavy (non-hydrogen) atoms. The van der Waals surface area contributed by atoms with Crippen LogP contribution in [0.1, 0.15) is 7.43 Å². The van der Waals surface area contributed by atoms with Gasteiger partial charge in [-0.3, -0.25) is 0 Å².